The van der Waals surface area contributed by atoms with Gasteiger partial charge in [-0.2, -0.15) is 0 Å². The third-order valence-corrected chi connectivity index (χ3v) is 6.61. The Morgan fingerprint density at radius 1 is 1.21 bits per heavy atom. The molecule has 1 aliphatic heterocycles. The molecule has 1 aliphatic carbocycles. The molecule has 24 heavy (non-hydrogen) atoms. The number of amides is 1. The van der Waals surface area contributed by atoms with E-state index >= 15 is 0 Å². The minimum atomic E-state index is -3.17. The summed E-state index contributed by atoms with van der Waals surface area (Å²) in [5.74, 6) is 0.0813. The maximum absolute atomic E-state index is 12.2. The van der Waals surface area contributed by atoms with Crippen LogP contribution in [-0.4, -0.2) is 39.8 Å². The number of nitrogens with one attached hydrogen (secondary N) is 1. The molecule has 1 saturated heterocycles. The van der Waals surface area contributed by atoms with Crippen molar-refractivity contribution in [2.24, 2.45) is 5.41 Å². The van der Waals surface area contributed by atoms with Gasteiger partial charge in [0.15, 0.2) is 9.84 Å². The van der Waals surface area contributed by atoms with E-state index in [9.17, 15) is 13.2 Å². The molecular weight excluding hydrogens is 326 g/mol. The number of rotatable bonds is 5. The Labute approximate surface area is 143 Å². The summed E-state index contributed by atoms with van der Waals surface area (Å²) >= 11 is 0. The molecule has 1 amide bonds. The lowest BCUT2D eigenvalue weighted by molar-refractivity contribution is -0.127. The molecule has 5 nitrogen and oxygen atoms in total. The van der Waals surface area contributed by atoms with Gasteiger partial charge in [0.1, 0.15) is 0 Å². The highest BCUT2D eigenvalue weighted by Crippen LogP contribution is 2.48. The number of benzene rings is 1. The van der Waals surface area contributed by atoms with Gasteiger partial charge in [-0.05, 0) is 55.2 Å². The first-order chi connectivity index (χ1) is 11.4. The van der Waals surface area contributed by atoms with E-state index in [0.717, 1.165) is 38.0 Å². The Balaban J connectivity index is 1.49. The Morgan fingerprint density at radius 2 is 1.88 bits per heavy atom. The molecule has 1 aromatic carbocycles. The van der Waals surface area contributed by atoms with E-state index in [1.165, 1.54) is 12.7 Å². The Bertz CT molecular complexity index is 690. The van der Waals surface area contributed by atoms with Gasteiger partial charge in [-0.15, -0.1) is 0 Å². The number of hydrogen-bond acceptors (Lipinski definition) is 4. The molecule has 0 radical (unpaired) electrons. The van der Waals surface area contributed by atoms with Crippen molar-refractivity contribution in [3.05, 3.63) is 29.8 Å². The molecule has 3 rings (SSSR count). The lowest BCUT2D eigenvalue weighted by Crippen LogP contribution is -2.57. The number of aryl methyl sites for hydroxylation is 1. The largest absolute Gasteiger partial charge is 0.381 e. The molecule has 2 fully saturated rings. The Hall–Kier alpha value is -1.40. The molecule has 1 aromatic rings. The Morgan fingerprint density at radius 3 is 2.42 bits per heavy atom. The highest BCUT2D eigenvalue weighted by atomic mass is 32.2. The first kappa shape index (κ1) is 17.4. The molecule has 1 saturated carbocycles. The Kier molecular flexibility index (Phi) is 4.97. The number of carbonyl (C=O) groups is 1. The third kappa shape index (κ3) is 3.81. The van der Waals surface area contributed by atoms with E-state index in [4.69, 9.17) is 4.74 Å². The second-order valence-corrected chi connectivity index (χ2v) is 9.07. The van der Waals surface area contributed by atoms with Crippen LogP contribution in [0, 0.1) is 5.41 Å². The van der Waals surface area contributed by atoms with Gasteiger partial charge in [0, 0.05) is 31.9 Å². The molecule has 0 bridgehead atoms. The van der Waals surface area contributed by atoms with Crippen molar-refractivity contribution in [3.63, 3.8) is 0 Å². The minimum Gasteiger partial charge on any atom is -0.381 e. The predicted molar refractivity (Wildman–Crippen MR) is 91.5 cm³/mol. The fraction of sp³-hybridized carbons (Fsp3) is 0.611. The van der Waals surface area contributed by atoms with Crippen LogP contribution in [0.3, 0.4) is 0 Å². The topological polar surface area (TPSA) is 72.5 Å². The maximum Gasteiger partial charge on any atom is 0.220 e. The summed E-state index contributed by atoms with van der Waals surface area (Å²) in [5.41, 5.74) is 1.25. The maximum atomic E-state index is 12.2. The quantitative estimate of drug-likeness (QED) is 0.882. The zero-order valence-corrected chi connectivity index (χ0v) is 14.9. The second kappa shape index (κ2) is 6.84. The average molecular weight is 351 g/mol. The number of hydrogen-bond donors (Lipinski definition) is 1. The summed E-state index contributed by atoms with van der Waals surface area (Å²) < 4.78 is 28.3. The first-order valence-corrected chi connectivity index (χ1v) is 10.4. The van der Waals surface area contributed by atoms with Crippen LogP contribution in [0.25, 0.3) is 0 Å². The smallest absolute Gasteiger partial charge is 0.220 e. The van der Waals surface area contributed by atoms with Crippen LogP contribution in [0.5, 0.6) is 0 Å². The molecule has 6 heteroatoms. The SMILES string of the molecule is CS(=O)(=O)c1ccc(CCC(=O)NC2CCC23CCOCC3)cc1. The van der Waals surface area contributed by atoms with Gasteiger partial charge in [0.2, 0.25) is 5.91 Å². The molecular formula is C18H25NO4S. The molecule has 0 aromatic heterocycles. The van der Waals surface area contributed by atoms with Gasteiger partial charge in [-0.25, -0.2) is 8.42 Å². The fourth-order valence-corrected chi connectivity index (χ4v) is 4.36. The summed E-state index contributed by atoms with van der Waals surface area (Å²) in [6.07, 6.45) is 6.60. The summed E-state index contributed by atoms with van der Waals surface area (Å²) in [5, 5.41) is 3.19. The van der Waals surface area contributed by atoms with Crippen molar-refractivity contribution in [1.29, 1.82) is 0 Å². The van der Waals surface area contributed by atoms with Gasteiger partial charge >= 0.3 is 0 Å². The first-order valence-electron chi connectivity index (χ1n) is 8.55. The van der Waals surface area contributed by atoms with Crippen LogP contribution < -0.4 is 5.32 Å². The van der Waals surface area contributed by atoms with Gasteiger partial charge in [-0.3, -0.25) is 4.79 Å². The predicted octanol–water partition coefficient (Wildman–Crippen LogP) is 2.10. The van der Waals surface area contributed by atoms with Gasteiger partial charge < -0.3 is 10.1 Å². The highest BCUT2D eigenvalue weighted by molar-refractivity contribution is 7.90. The molecule has 1 spiro atoms. The monoisotopic (exact) mass is 351 g/mol. The van der Waals surface area contributed by atoms with E-state index in [0.29, 0.717) is 23.8 Å². The molecule has 132 valence electrons. The molecule has 1 atom stereocenters. The van der Waals surface area contributed by atoms with Crippen molar-refractivity contribution in [1.82, 2.24) is 5.32 Å². The molecule has 1 N–H and O–H groups in total. The lowest BCUT2D eigenvalue weighted by atomic mass is 9.60. The number of ether oxygens (including phenoxy) is 1. The van der Waals surface area contributed by atoms with Crippen LogP contribution in [-0.2, 0) is 25.8 Å². The van der Waals surface area contributed by atoms with E-state index in [-0.39, 0.29) is 11.3 Å². The second-order valence-electron chi connectivity index (χ2n) is 7.05. The molecule has 1 unspecified atom stereocenters. The van der Waals surface area contributed by atoms with E-state index in [1.54, 1.807) is 24.3 Å². The average Bonchev–Trinajstić information content (AvgIpc) is 2.57. The summed E-state index contributed by atoms with van der Waals surface area (Å²) in [6, 6.07) is 7.07. The summed E-state index contributed by atoms with van der Waals surface area (Å²) in [6.45, 7) is 1.61. The van der Waals surface area contributed by atoms with Crippen LogP contribution in [0.4, 0.5) is 0 Å². The van der Waals surface area contributed by atoms with Crippen LogP contribution >= 0.6 is 0 Å². The van der Waals surface area contributed by atoms with Crippen LogP contribution in [0.15, 0.2) is 29.2 Å². The summed E-state index contributed by atoms with van der Waals surface area (Å²) in [4.78, 5) is 12.5. The van der Waals surface area contributed by atoms with Crippen molar-refractivity contribution >= 4 is 15.7 Å². The van der Waals surface area contributed by atoms with Crippen molar-refractivity contribution in [2.75, 3.05) is 19.5 Å². The van der Waals surface area contributed by atoms with Gasteiger partial charge in [-0.1, -0.05) is 12.1 Å². The van der Waals surface area contributed by atoms with Crippen molar-refractivity contribution in [3.8, 4) is 0 Å². The van der Waals surface area contributed by atoms with E-state index < -0.39 is 9.84 Å². The van der Waals surface area contributed by atoms with Gasteiger partial charge in [0.25, 0.3) is 0 Å². The summed E-state index contributed by atoms with van der Waals surface area (Å²) in [7, 11) is -3.17. The van der Waals surface area contributed by atoms with E-state index in [2.05, 4.69) is 5.32 Å². The number of sulfone groups is 1. The number of carbonyl (C=O) groups excluding carboxylic acids is 1. The zero-order valence-electron chi connectivity index (χ0n) is 14.1. The zero-order chi connectivity index (χ0) is 17.2. The fourth-order valence-electron chi connectivity index (χ4n) is 3.73. The van der Waals surface area contributed by atoms with Crippen molar-refractivity contribution < 1.29 is 17.9 Å². The normalized spacial score (nSPS) is 22.8. The minimum absolute atomic E-state index is 0.0813. The third-order valence-electron chi connectivity index (χ3n) is 5.49. The van der Waals surface area contributed by atoms with E-state index in [1.807, 2.05) is 0 Å². The van der Waals surface area contributed by atoms with Gasteiger partial charge in [0.05, 0.1) is 4.90 Å². The lowest BCUT2D eigenvalue weighted by Gasteiger charge is -2.52. The van der Waals surface area contributed by atoms with Crippen molar-refractivity contribution in [2.45, 2.75) is 49.5 Å². The molecule has 2 aliphatic rings. The standard InChI is InChI=1S/C18H25NO4S/c1-24(21,22)15-5-2-14(3-6-15)4-7-17(20)19-16-8-9-18(16)10-12-23-13-11-18/h2-3,5-6,16H,4,7-13H2,1H3,(H,19,20). The van der Waals surface area contributed by atoms with Crippen LogP contribution in [0.1, 0.15) is 37.7 Å². The van der Waals surface area contributed by atoms with Crippen LogP contribution in [0.2, 0.25) is 0 Å². The molecule has 1 heterocycles. The highest BCUT2D eigenvalue weighted by Gasteiger charge is 2.47.